The van der Waals surface area contributed by atoms with Gasteiger partial charge in [-0.25, -0.2) is 4.98 Å². The number of amides is 1. The van der Waals surface area contributed by atoms with E-state index in [-0.39, 0.29) is 17.7 Å². The molecule has 5 nitrogen and oxygen atoms in total. The van der Waals surface area contributed by atoms with Gasteiger partial charge >= 0.3 is 0 Å². The van der Waals surface area contributed by atoms with Crippen molar-refractivity contribution in [3.05, 3.63) is 94.8 Å². The highest BCUT2D eigenvalue weighted by molar-refractivity contribution is 5.97. The first kappa shape index (κ1) is 22.6. The second-order valence-corrected chi connectivity index (χ2v) is 8.66. The summed E-state index contributed by atoms with van der Waals surface area (Å²) in [5, 5.41) is 12.9. The Balaban J connectivity index is 1.51. The van der Waals surface area contributed by atoms with E-state index in [4.69, 9.17) is 0 Å². The first-order valence-corrected chi connectivity index (χ1v) is 11.6. The average Bonchev–Trinajstić information content (AvgIpc) is 3.12. The highest BCUT2D eigenvalue weighted by Crippen LogP contribution is 2.22. The van der Waals surface area contributed by atoms with Crippen LogP contribution in [0.4, 0.5) is 0 Å². The van der Waals surface area contributed by atoms with Crippen LogP contribution in [0.3, 0.4) is 0 Å². The number of hydrogen-bond acceptors (Lipinski definition) is 3. The quantitative estimate of drug-likeness (QED) is 0.356. The minimum atomic E-state index is -0.108. The van der Waals surface area contributed by atoms with Crippen LogP contribution in [0.15, 0.2) is 66.7 Å². The molecule has 33 heavy (non-hydrogen) atoms. The average molecular weight is 442 g/mol. The van der Waals surface area contributed by atoms with Crippen molar-refractivity contribution < 1.29 is 9.90 Å². The van der Waals surface area contributed by atoms with Crippen molar-refractivity contribution in [1.82, 2.24) is 14.9 Å². The van der Waals surface area contributed by atoms with Crippen LogP contribution in [-0.2, 0) is 13.0 Å². The number of fused-ring (bicyclic) bond motifs is 1. The fourth-order valence-corrected chi connectivity index (χ4v) is 4.19. The van der Waals surface area contributed by atoms with Crippen LogP contribution in [-0.4, -0.2) is 20.6 Å². The molecule has 0 bridgehead atoms. The summed E-state index contributed by atoms with van der Waals surface area (Å²) in [7, 11) is 0. The van der Waals surface area contributed by atoms with Crippen LogP contribution in [0.5, 0.6) is 5.75 Å². The number of unbranched alkanes of at least 4 members (excludes halogenated alkanes) is 1. The van der Waals surface area contributed by atoms with Crippen LogP contribution in [0.25, 0.3) is 11.0 Å². The van der Waals surface area contributed by atoms with Crippen LogP contribution in [0, 0.1) is 6.92 Å². The lowest BCUT2D eigenvalue weighted by Gasteiger charge is -2.16. The highest BCUT2D eigenvalue weighted by atomic mass is 16.3. The number of phenols is 1. The molecule has 5 heteroatoms. The van der Waals surface area contributed by atoms with Crippen LogP contribution in [0.1, 0.15) is 65.6 Å². The first-order valence-electron chi connectivity index (χ1n) is 11.6. The predicted octanol–water partition coefficient (Wildman–Crippen LogP) is 5.93. The topological polar surface area (TPSA) is 67.2 Å². The Kier molecular flexibility index (Phi) is 6.78. The third-order valence-electron chi connectivity index (χ3n) is 6.07. The zero-order valence-corrected chi connectivity index (χ0v) is 19.5. The first-order chi connectivity index (χ1) is 15.9. The van der Waals surface area contributed by atoms with E-state index in [0.29, 0.717) is 12.1 Å². The van der Waals surface area contributed by atoms with E-state index in [0.717, 1.165) is 34.4 Å². The third kappa shape index (κ3) is 5.25. The van der Waals surface area contributed by atoms with Crippen molar-refractivity contribution in [2.45, 2.75) is 52.6 Å². The molecule has 0 aliphatic carbocycles. The molecular formula is C28H31N3O2. The van der Waals surface area contributed by atoms with Gasteiger partial charge in [0, 0.05) is 12.1 Å². The molecule has 4 aromatic rings. The van der Waals surface area contributed by atoms with Gasteiger partial charge in [-0.05, 0) is 73.7 Å². The number of phenolic OH excluding ortho intramolecular Hbond substituents is 1. The molecule has 1 heterocycles. The van der Waals surface area contributed by atoms with Gasteiger partial charge in [0.15, 0.2) is 0 Å². The molecule has 1 amide bonds. The van der Waals surface area contributed by atoms with Crippen LogP contribution >= 0.6 is 0 Å². The molecule has 1 atom stereocenters. The SMILES string of the molecule is CCCCc1cccc([C@H](C)NC(=O)c2ccc3c(c2)nc(C)n3Cc2cccc(O)c2)c1. The standard InChI is InChI=1S/C28H31N3O2/c1-4-5-8-21-9-6-11-23(15-21)19(2)29-28(33)24-13-14-27-26(17-24)30-20(3)31(27)18-22-10-7-12-25(32)16-22/h6-7,9-17,19,32H,4-5,8,18H2,1-3H3,(H,29,33)/t19-/m0/s1. The maximum absolute atomic E-state index is 13.0. The number of carbonyl (C=O) groups is 1. The van der Waals surface area contributed by atoms with E-state index in [1.165, 1.54) is 18.4 Å². The summed E-state index contributed by atoms with van der Waals surface area (Å²) in [6, 6.07) is 21.3. The highest BCUT2D eigenvalue weighted by Gasteiger charge is 2.15. The minimum absolute atomic E-state index is 0.0835. The van der Waals surface area contributed by atoms with E-state index < -0.39 is 0 Å². The van der Waals surface area contributed by atoms with Gasteiger partial charge in [-0.15, -0.1) is 0 Å². The molecule has 4 rings (SSSR count). The Bertz CT molecular complexity index is 1280. The molecule has 170 valence electrons. The number of nitrogens with zero attached hydrogens (tertiary/aromatic N) is 2. The minimum Gasteiger partial charge on any atom is -0.508 e. The lowest BCUT2D eigenvalue weighted by molar-refractivity contribution is 0.0940. The molecule has 0 aliphatic heterocycles. The zero-order valence-electron chi connectivity index (χ0n) is 19.5. The second kappa shape index (κ2) is 9.90. The molecule has 0 aliphatic rings. The van der Waals surface area contributed by atoms with Crippen molar-refractivity contribution in [2.24, 2.45) is 0 Å². The number of aromatic nitrogens is 2. The maximum atomic E-state index is 13.0. The molecule has 0 radical (unpaired) electrons. The smallest absolute Gasteiger partial charge is 0.251 e. The van der Waals surface area contributed by atoms with Gasteiger partial charge in [-0.3, -0.25) is 4.79 Å². The summed E-state index contributed by atoms with van der Waals surface area (Å²) >= 11 is 0. The largest absolute Gasteiger partial charge is 0.508 e. The van der Waals surface area contributed by atoms with Gasteiger partial charge in [-0.2, -0.15) is 0 Å². The Morgan fingerprint density at radius 3 is 2.64 bits per heavy atom. The van der Waals surface area contributed by atoms with E-state index in [1.807, 2.05) is 44.2 Å². The third-order valence-corrected chi connectivity index (χ3v) is 6.07. The summed E-state index contributed by atoms with van der Waals surface area (Å²) in [5.74, 6) is 1.00. The molecule has 0 saturated carbocycles. The Labute approximate surface area is 195 Å². The number of aromatic hydroxyl groups is 1. The molecule has 1 aromatic heterocycles. The molecular weight excluding hydrogens is 410 g/mol. The van der Waals surface area contributed by atoms with Gasteiger partial charge < -0.3 is 15.0 Å². The molecule has 0 spiro atoms. The van der Waals surface area contributed by atoms with Gasteiger partial charge in [0.05, 0.1) is 17.1 Å². The Morgan fingerprint density at radius 2 is 1.85 bits per heavy atom. The van der Waals surface area contributed by atoms with Gasteiger partial charge in [0.1, 0.15) is 11.6 Å². The van der Waals surface area contributed by atoms with Gasteiger partial charge in [-0.1, -0.05) is 49.7 Å². The van der Waals surface area contributed by atoms with E-state index in [9.17, 15) is 9.90 Å². The number of aryl methyl sites for hydroxylation is 2. The zero-order chi connectivity index (χ0) is 23.4. The van der Waals surface area contributed by atoms with Crippen molar-refractivity contribution in [3.63, 3.8) is 0 Å². The van der Waals surface area contributed by atoms with E-state index in [1.54, 1.807) is 12.1 Å². The Hall–Kier alpha value is -3.60. The normalized spacial score (nSPS) is 12.1. The fourth-order valence-electron chi connectivity index (χ4n) is 4.19. The summed E-state index contributed by atoms with van der Waals surface area (Å²) in [5.41, 5.74) is 5.76. The van der Waals surface area contributed by atoms with Crippen LogP contribution in [0.2, 0.25) is 0 Å². The van der Waals surface area contributed by atoms with Crippen molar-refractivity contribution in [1.29, 1.82) is 0 Å². The van der Waals surface area contributed by atoms with E-state index >= 15 is 0 Å². The van der Waals surface area contributed by atoms with Gasteiger partial charge in [0.2, 0.25) is 0 Å². The Morgan fingerprint density at radius 1 is 1.06 bits per heavy atom. The van der Waals surface area contributed by atoms with Crippen molar-refractivity contribution in [3.8, 4) is 5.75 Å². The van der Waals surface area contributed by atoms with E-state index in [2.05, 4.69) is 46.1 Å². The van der Waals surface area contributed by atoms with Crippen molar-refractivity contribution in [2.75, 3.05) is 0 Å². The lowest BCUT2D eigenvalue weighted by atomic mass is 10.0. The number of carbonyl (C=O) groups excluding carboxylic acids is 1. The predicted molar refractivity (Wildman–Crippen MR) is 133 cm³/mol. The number of hydrogen-bond donors (Lipinski definition) is 2. The number of nitrogens with one attached hydrogen (secondary N) is 1. The molecule has 0 fully saturated rings. The fraction of sp³-hybridized carbons (Fsp3) is 0.286. The van der Waals surface area contributed by atoms with Crippen molar-refractivity contribution >= 4 is 16.9 Å². The molecule has 0 saturated heterocycles. The monoisotopic (exact) mass is 441 g/mol. The summed E-state index contributed by atoms with van der Waals surface area (Å²) < 4.78 is 2.09. The summed E-state index contributed by atoms with van der Waals surface area (Å²) in [6.07, 6.45) is 3.40. The molecule has 3 aromatic carbocycles. The number of benzene rings is 3. The van der Waals surface area contributed by atoms with Crippen LogP contribution < -0.4 is 5.32 Å². The summed E-state index contributed by atoms with van der Waals surface area (Å²) in [4.78, 5) is 17.6. The second-order valence-electron chi connectivity index (χ2n) is 8.66. The number of rotatable bonds is 8. The molecule has 2 N–H and O–H groups in total. The van der Waals surface area contributed by atoms with Gasteiger partial charge in [0.25, 0.3) is 5.91 Å². The molecule has 0 unspecified atom stereocenters. The number of imidazole rings is 1. The summed E-state index contributed by atoms with van der Waals surface area (Å²) in [6.45, 7) is 6.77. The lowest BCUT2D eigenvalue weighted by Crippen LogP contribution is -2.26. The maximum Gasteiger partial charge on any atom is 0.251 e.